The van der Waals surface area contributed by atoms with Crippen molar-refractivity contribution in [2.75, 3.05) is 19.6 Å². The summed E-state index contributed by atoms with van der Waals surface area (Å²) in [4.78, 5) is 31.2. The number of carbonyl (C=O) groups is 2. The van der Waals surface area contributed by atoms with Crippen molar-refractivity contribution >= 4 is 11.8 Å². The molecular formula is C30H38F3N3O4. The molecule has 2 amide bonds. The van der Waals surface area contributed by atoms with Gasteiger partial charge in [0.2, 0.25) is 11.8 Å². The van der Waals surface area contributed by atoms with Gasteiger partial charge in [-0.2, -0.15) is 0 Å². The van der Waals surface area contributed by atoms with E-state index in [0.29, 0.717) is 56.5 Å². The van der Waals surface area contributed by atoms with Crippen LogP contribution in [0.1, 0.15) is 70.5 Å². The molecule has 2 aromatic rings. The van der Waals surface area contributed by atoms with Crippen LogP contribution in [0, 0.1) is 5.92 Å². The van der Waals surface area contributed by atoms with Crippen molar-refractivity contribution in [1.29, 1.82) is 0 Å². The first-order valence-electron chi connectivity index (χ1n) is 14.5. The van der Waals surface area contributed by atoms with Gasteiger partial charge in [-0.3, -0.25) is 14.5 Å². The molecule has 1 spiro atoms. The molecule has 1 saturated carbocycles. The van der Waals surface area contributed by atoms with E-state index < -0.39 is 17.9 Å². The first-order chi connectivity index (χ1) is 19.2. The number of rotatable bonds is 8. The largest absolute Gasteiger partial charge is 0.573 e. The topological polar surface area (TPSA) is 75.0 Å². The van der Waals surface area contributed by atoms with E-state index >= 15 is 0 Å². The molecule has 218 valence electrons. The van der Waals surface area contributed by atoms with E-state index in [1.54, 1.807) is 18.2 Å². The van der Waals surface area contributed by atoms with Crippen LogP contribution >= 0.6 is 0 Å². The Labute approximate surface area is 233 Å². The van der Waals surface area contributed by atoms with Gasteiger partial charge in [0.15, 0.2) is 0 Å². The molecule has 3 heterocycles. The number of para-hydroxylation sites is 1. The summed E-state index contributed by atoms with van der Waals surface area (Å²) in [5.41, 5.74) is -0.617. The molecule has 1 unspecified atom stereocenters. The molecule has 1 aliphatic carbocycles. The van der Waals surface area contributed by atoms with Crippen LogP contribution in [0.4, 0.5) is 13.2 Å². The van der Waals surface area contributed by atoms with Crippen LogP contribution in [0.5, 0.6) is 5.75 Å². The van der Waals surface area contributed by atoms with Crippen molar-refractivity contribution in [3.05, 3.63) is 42.2 Å². The molecule has 10 heteroatoms. The van der Waals surface area contributed by atoms with Gasteiger partial charge in [-0.25, -0.2) is 0 Å². The van der Waals surface area contributed by atoms with Crippen molar-refractivity contribution < 1.29 is 31.9 Å². The minimum absolute atomic E-state index is 0.0393. The average molecular weight is 562 g/mol. The summed E-state index contributed by atoms with van der Waals surface area (Å²) < 4.78 is 48.6. The fourth-order valence-corrected chi connectivity index (χ4v) is 6.63. The summed E-state index contributed by atoms with van der Waals surface area (Å²) in [6.07, 6.45) is 3.66. The molecule has 5 rings (SSSR count). The number of hydrogen-bond donors (Lipinski definition) is 1. The Hall–Kier alpha value is -3.01. The summed E-state index contributed by atoms with van der Waals surface area (Å²) >= 11 is 0. The molecule has 1 aromatic heterocycles. The summed E-state index contributed by atoms with van der Waals surface area (Å²) in [6, 6.07) is 8.84. The summed E-state index contributed by atoms with van der Waals surface area (Å²) in [6.45, 7) is 4.24. The highest BCUT2D eigenvalue weighted by molar-refractivity contribution is 6.00. The second kappa shape index (κ2) is 11.8. The molecule has 3 aliphatic rings. The molecule has 2 saturated heterocycles. The summed E-state index contributed by atoms with van der Waals surface area (Å²) in [5.74, 6) is 1.08. The third-order valence-electron chi connectivity index (χ3n) is 8.65. The third-order valence-corrected chi connectivity index (χ3v) is 8.65. The molecule has 40 heavy (non-hydrogen) atoms. The van der Waals surface area contributed by atoms with E-state index in [1.807, 2.05) is 11.8 Å². The van der Waals surface area contributed by atoms with Gasteiger partial charge >= 0.3 is 6.36 Å². The highest BCUT2D eigenvalue weighted by Crippen LogP contribution is 2.38. The smallest absolute Gasteiger partial charge is 0.460 e. The number of piperidine rings is 1. The SMILES string of the molecule is CCCN1C(=O)C(CC2CCCCC2)NC(=O)C12CCN(Cc1ccc(-c3ccccc3OC(F)(F)F)o1)CC2. The van der Waals surface area contributed by atoms with Gasteiger partial charge < -0.3 is 19.4 Å². The van der Waals surface area contributed by atoms with E-state index in [4.69, 9.17) is 4.42 Å². The molecule has 1 atom stereocenters. The van der Waals surface area contributed by atoms with Crippen LogP contribution in [-0.2, 0) is 16.1 Å². The first kappa shape index (κ1) is 28.5. The van der Waals surface area contributed by atoms with Gasteiger partial charge in [0.1, 0.15) is 28.9 Å². The van der Waals surface area contributed by atoms with Crippen LogP contribution in [0.15, 0.2) is 40.8 Å². The minimum atomic E-state index is -4.80. The minimum Gasteiger partial charge on any atom is -0.460 e. The van der Waals surface area contributed by atoms with Gasteiger partial charge in [0, 0.05) is 19.6 Å². The van der Waals surface area contributed by atoms with Crippen LogP contribution < -0.4 is 10.1 Å². The van der Waals surface area contributed by atoms with Crippen molar-refractivity contribution in [2.45, 2.75) is 89.2 Å². The molecular weight excluding hydrogens is 523 g/mol. The number of carbonyl (C=O) groups excluding carboxylic acids is 2. The molecule has 1 N–H and O–H groups in total. The van der Waals surface area contributed by atoms with Gasteiger partial charge in [0.25, 0.3) is 0 Å². The Morgan fingerprint density at radius 3 is 2.48 bits per heavy atom. The monoisotopic (exact) mass is 561 g/mol. The third kappa shape index (κ3) is 6.16. The Morgan fingerprint density at radius 1 is 1.05 bits per heavy atom. The normalized spacial score (nSPS) is 22.5. The van der Waals surface area contributed by atoms with Crippen LogP contribution in [0.25, 0.3) is 11.3 Å². The average Bonchev–Trinajstić information content (AvgIpc) is 3.39. The number of amides is 2. The number of likely N-dealkylation sites (tertiary alicyclic amines) is 1. The summed E-state index contributed by atoms with van der Waals surface area (Å²) in [7, 11) is 0. The number of benzene rings is 1. The first-order valence-corrected chi connectivity index (χ1v) is 14.5. The Balaban J connectivity index is 1.23. The summed E-state index contributed by atoms with van der Waals surface area (Å²) in [5, 5.41) is 3.11. The number of hydrogen-bond acceptors (Lipinski definition) is 5. The standard InChI is InChI=1S/C30H38F3N3O4/c1-2-16-36-27(37)24(19-21-8-4-3-5-9-21)34-28(38)29(36)14-17-35(18-15-29)20-22-12-13-25(39-22)23-10-6-7-11-26(23)40-30(31,32)33/h6-7,10-13,21,24H,2-5,8-9,14-20H2,1H3,(H,34,38). The Bertz CT molecular complexity index is 1180. The maximum atomic E-state index is 13.6. The predicted octanol–water partition coefficient (Wildman–Crippen LogP) is 5.89. The quantitative estimate of drug-likeness (QED) is 0.435. The number of alkyl halides is 3. The molecule has 0 bridgehead atoms. The molecule has 0 radical (unpaired) electrons. The maximum Gasteiger partial charge on any atom is 0.573 e. The second-order valence-electron chi connectivity index (χ2n) is 11.4. The maximum absolute atomic E-state index is 13.6. The lowest BCUT2D eigenvalue weighted by atomic mass is 9.79. The van der Waals surface area contributed by atoms with Gasteiger partial charge in [0.05, 0.1) is 12.1 Å². The molecule has 3 fully saturated rings. The van der Waals surface area contributed by atoms with E-state index in [-0.39, 0.29) is 23.1 Å². The number of halogens is 3. The van der Waals surface area contributed by atoms with Crippen molar-refractivity contribution in [1.82, 2.24) is 15.1 Å². The van der Waals surface area contributed by atoms with Gasteiger partial charge in [-0.1, -0.05) is 51.2 Å². The lowest BCUT2D eigenvalue weighted by Gasteiger charge is -2.52. The highest BCUT2D eigenvalue weighted by atomic mass is 19.4. The highest BCUT2D eigenvalue weighted by Gasteiger charge is 2.53. The lowest BCUT2D eigenvalue weighted by Crippen LogP contribution is -2.73. The van der Waals surface area contributed by atoms with Crippen LogP contribution in [0.3, 0.4) is 0 Å². The number of furan rings is 1. The van der Waals surface area contributed by atoms with Gasteiger partial charge in [-0.15, -0.1) is 13.2 Å². The number of nitrogens with zero attached hydrogens (tertiary/aromatic N) is 2. The van der Waals surface area contributed by atoms with E-state index in [9.17, 15) is 22.8 Å². The van der Waals surface area contributed by atoms with Crippen LogP contribution in [0.2, 0.25) is 0 Å². The molecule has 7 nitrogen and oxygen atoms in total. The lowest BCUT2D eigenvalue weighted by molar-refractivity contribution is -0.274. The number of nitrogens with one attached hydrogen (secondary N) is 1. The zero-order chi connectivity index (χ0) is 28.3. The zero-order valence-electron chi connectivity index (χ0n) is 23.0. The van der Waals surface area contributed by atoms with E-state index in [2.05, 4.69) is 15.0 Å². The van der Waals surface area contributed by atoms with Crippen molar-refractivity contribution in [2.24, 2.45) is 5.92 Å². The fourth-order valence-electron chi connectivity index (χ4n) is 6.63. The number of ether oxygens (including phenoxy) is 1. The Kier molecular flexibility index (Phi) is 8.44. The van der Waals surface area contributed by atoms with Crippen molar-refractivity contribution in [3.63, 3.8) is 0 Å². The molecule has 1 aromatic carbocycles. The van der Waals surface area contributed by atoms with Crippen LogP contribution in [-0.4, -0.2) is 59.2 Å². The zero-order valence-corrected chi connectivity index (χ0v) is 23.0. The second-order valence-corrected chi connectivity index (χ2v) is 11.4. The fraction of sp³-hybridized carbons (Fsp3) is 0.600. The number of piperazine rings is 1. The Morgan fingerprint density at radius 2 is 1.77 bits per heavy atom. The van der Waals surface area contributed by atoms with Gasteiger partial charge in [-0.05, 0) is 55.9 Å². The predicted molar refractivity (Wildman–Crippen MR) is 143 cm³/mol. The van der Waals surface area contributed by atoms with Crippen molar-refractivity contribution in [3.8, 4) is 17.1 Å². The van der Waals surface area contributed by atoms with E-state index in [1.165, 1.54) is 37.5 Å². The molecule has 2 aliphatic heterocycles. The van der Waals surface area contributed by atoms with E-state index in [0.717, 1.165) is 25.7 Å².